The SMILES string of the molecule is CCNC(=NCc1ccccn1)NCCCOC1CCCC1. The van der Waals surface area contributed by atoms with Crippen LogP contribution in [0, 0.1) is 0 Å². The number of hydrogen-bond acceptors (Lipinski definition) is 3. The summed E-state index contributed by atoms with van der Waals surface area (Å²) >= 11 is 0. The molecule has 2 rings (SSSR count). The zero-order valence-corrected chi connectivity index (χ0v) is 13.6. The van der Waals surface area contributed by atoms with Crippen molar-refractivity contribution >= 4 is 5.96 Å². The van der Waals surface area contributed by atoms with Gasteiger partial charge in [0.2, 0.25) is 0 Å². The second kappa shape index (κ2) is 10.2. The highest BCUT2D eigenvalue weighted by Gasteiger charge is 2.14. The maximum atomic E-state index is 5.86. The highest BCUT2D eigenvalue weighted by Crippen LogP contribution is 2.20. The van der Waals surface area contributed by atoms with Gasteiger partial charge in [-0.05, 0) is 38.3 Å². The Bertz CT molecular complexity index is 430. The van der Waals surface area contributed by atoms with Crippen LogP contribution in [0.2, 0.25) is 0 Å². The van der Waals surface area contributed by atoms with Gasteiger partial charge in [-0.3, -0.25) is 4.98 Å². The zero-order valence-electron chi connectivity index (χ0n) is 13.6. The topological polar surface area (TPSA) is 58.5 Å². The summed E-state index contributed by atoms with van der Waals surface area (Å²) in [5.74, 6) is 0.842. The van der Waals surface area contributed by atoms with Crippen LogP contribution in [0.3, 0.4) is 0 Å². The maximum Gasteiger partial charge on any atom is 0.191 e. The first-order chi connectivity index (χ1) is 10.9. The summed E-state index contributed by atoms with van der Waals surface area (Å²) in [5, 5.41) is 6.60. The molecule has 5 heteroatoms. The Morgan fingerprint density at radius 3 is 2.91 bits per heavy atom. The molecule has 0 spiro atoms. The molecule has 1 aromatic rings. The van der Waals surface area contributed by atoms with Crippen LogP contribution in [0.25, 0.3) is 0 Å². The second-order valence-corrected chi connectivity index (χ2v) is 5.57. The van der Waals surface area contributed by atoms with E-state index in [2.05, 4.69) is 27.5 Å². The number of aromatic nitrogens is 1. The third-order valence-electron chi connectivity index (χ3n) is 3.74. The second-order valence-electron chi connectivity index (χ2n) is 5.57. The van der Waals surface area contributed by atoms with Crippen molar-refractivity contribution in [2.45, 2.75) is 51.7 Å². The van der Waals surface area contributed by atoms with Crippen molar-refractivity contribution in [3.8, 4) is 0 Å². The summed E-state index contributed by atoms with van der Waals surface area (Å²) in [6, 6.07) is 5.89. The number of hydrogen-bond donors (Lipinski definition) is 2. The van der Waals surface area contributed by atoms with Crippen molar-refractivity contribution in [1.82, 2.24) is 15.6 Å². The maximum absolute atomic E-state index is 5.86. The highest BCUT2D eigenvalue weighted by atomic mass is 16.5. The van der Waals surface area contributed by atoms with Gasteiger partial charge in [-0.2, -0.15) is 0 Å². The molecule has 1 aliphatic carbocycles. The number of ether oxygens (including phenoxy) is 1. The van der Waals surface area contributed by atoms with Gasteiger partial charge >= 0.3 is 0 Å². The average molecular weight is 304 g/mol. The van der Waals surface area contributed by atoms with Gasteiger partial charge in [0.25, 0.3) is 0 Å². The van der Waals surface area contributed by atoms with Crippen LogP contribution in [0.4, 0.5) is 0 Å². The molecular weight excluding hydrogens is 276 g/mol. The van der Waals surface area contributed by atoms with E-state index in [-0.39, 0.29) is 0 Å². The molecule has 1 fully saturated rings. The van der Waals surface area contributed by atoms with Crippen LogP contribution in [-0.4, -0.2) is 36.7 Å². The molecule has 0 aromatic carbocycles. The minimum atomic E-state index is 0.506. The first-order valence-electron chi connectivity index (χ1n) is 8.42. The van der Waals surface area contributed by atoms with Gasteiger partial charge in [-0.15, -0.1) is 0 Å². The van der Waals surface area contributed by atoms with Crippen LogP contribution in [0.1, 0.15) is 44.7 Å². The normalized spacial score (nSPS) is 16.0. The summed E-state index contributed by atoms with van der Waals surface area (Å²) in [6.45, 7) is 5.22. The van der Waals surface area contributed by atoms with E-state index in [9.17, 15) is 0 Å². The van der Waals surface area contributed by atoms with Crippen LogP contribution in [0.5, 0.6) is 0 Å². The van der Waals surface area contributed by atoms with Gasteiger partial charge in [0.15, 0.2) is 5.96 Å². The van der Waals surface area contributed by atoms with E-state index in [1.165, 1.54) is 25.7 Å². The number of aliphatic imine (C=N–C) groups is 1. The van der Waals surface area contributed by atoms with E-state index >= 15 is 0 Å². The molecule has 122 valence electrons. The number of pyridine rings is 1. The number of nitrogens with zero attached hydrogens (tertiary/aromatic N) is 2. The summed E-state index contributed by atoms with van der Waals surface area (Å²) in [6.07, 6.45) is 8.44. The van der Waals surface area contributed by atoms with Gasteiger partial charge in [-0.1, -0.05) is 18.9 Å². The van der Waals surface area contributed by atoms with E-state index in [1.54, 1.807) is 6.20 Å². The predicted molar refractivity (Wildman–Crippen MR) is 89.9 cm³/mol. The number of guanidine groups is 1. The Balaban J connectivity index is 1.64. The lowest BCUT2D eigenvalue weighted by Gasteiger charge is -2.13. The Kier molecular flexibility index (Phi) is 7.74. The van der Waals surface area contributed by atoms with Crippen molar-refractivity contribution < 1.29 is 4.74 Å². The molecule has 0 aliphatic heterocycles. The Morgan fingerprint density at radius 2 is 2.18 bits per heavy atom. The molecule has 1 aliphatic rings. The third kappa shape index (κ3) is 6.43. The highest BCUT2D eigenvalue weighted by molar-refractivity contribution is 5.79. The molecule has 0 saturated heterocycles. The number of nitrogens with one attached hydrogen (secondary N) is 2. The zero-order chi connectivity index (χ0) is 15.5. The molecule has 1 aromatic heterocycles. The molecular formula is C17H28N4O. The molecule has 5 nitrogen and oxygen atoms in total. The first kappa shape index (κ1) is 16.7. The molecule has 1 heterocycles. The molecule has 0 amide bonds. The van der Waals surface area contributed by atoms with Gasteiger partial charge in [0.1, 0.15) is 0 Å². The largest absolute Gasteiger partial charge is 0.378 e. The van der Waals surface area contributed by atoms with Crippen LogP contribution >= 0.6 is 0 Å². The molecule has 2 N–H and O–H groups in total. The van der Waals surface area contributed by atoms with Crippen LogP contribution in [0.15, 0.2) is 29.4 Å². The molecule has 0 bridgehead atoms. The van der Waals surface area contributed by atoms with Crippen molar-refractivity contribution in [3.63, 3.8) is 0 Å². The van der Waals surface area contributed by atoms with Crippen LogP contribution in [-0.2, 0) is 11.3 Å². The Labute approximate surface area is 133 Å². The minimum absolute atomic E-state index is 0.506. The smallest absolute Gasteiger partial charge is 0.191 e. The quantitative estimate of drug-likeness (QED) is 0.440. The molecule has 0 unspecified atom stereocenters. The van der Waals surface area contributed by atoms with E-state index < -0.39 is 0 Å². The molecule has 0 atom stereocenters. The first-order valence-corrected chi connectivity index (χ1v) is 8.42. The Morgan fingerprint density at radius 1 is 1.32 bits per heavy atom. The third-order valence-corrected chi connectivity index (χ3v) is 3.74. The average Bonchev–Trinajstić information content (AvgIpc) is 3.06. The standard InChI is InChI=1S/C17H28N4O/c1-2-18-17(21-14-15-8-5-6-11-19-15)20-12-7-13-22-16-9-3-4-10-16/h5-6,8,11,16H,2-4,7,9-10,12-14H2,1H3,(H2,18,20,21). The fraction of sp³-hybridized carbons (Fsp3) is 0.647. The molecule has 1 saturated carbocycles. The lowest BCUT2D eigenvalue weighted by atomic mass is 10.3. The number of rotatable bonds is 8. The van der Waals surface area contributed by atoms with Crippen LogP contribution < -0.4 is 10.6 Å². The van der Waals surface area contributed by atoms with E-state index in [0.29, 0.717) is 12.6 Å². The van der Waals surface area contributed by atoms with Gasteiger partial charge < -0.3 is 15.4 Å². The monoisotopic (exact) mass is 304 g/mol. The lowest BCUT2D eigenvalue weighted by Crippen LogP contribution is -2.38. The predicted octanol–water partition coefficient (Wildman–Crippen LogP) is 2.49. The minimum Gasteiger partial charge on any atom is -0.378 e. The van der Waals surface area contributed by atoms with Crippen molar-refractivity contribution in [1.29, 1.82) is 0 Å². The van der Waals surface area contributed by atoms with Gasteiger partial charge in [0.05, 0.1) is 18.3 Å². The van der Waals surface area contributed by atoms with Gasteiger partial charge in [-0.25, -0.2) is 4.99 Å². The van der Waals surface area contributed by atoms with Crippen molar-refractivity contribution in [2.75, 3.05) is 19.7 Å². The van der Waals surface area contributed by atoms with E-state index in [4.69, 9.17) is 4.74 Å². The molecule has 22 heavy (non-hydrogen) atoms. The summed E-state index contributed by atoms with van der Waals surface area (Å²) < 4.78 is 5.86. The van der Waals surface area contributed by atoms with Crippen molar-refractivity contribution in [2.24, 2.45) is 4.99 Å². The summed E-state index contributed by atoms with van der Waals surface area (Å²) in [4.78, 5) is 8.83. The van der Waals surface area contributed by atoms with Gasteiger partial charge in [0, 0.05) is 25.9 Å². The molecule has 0 radical (unpaired) electrons. The summed E-state index contributed by atoms with van der Waals surface area (Å²) in [7, 11) is 0. The van der Waals surface area contributed by atoms with E-state index in [1.807, 2.05) is 18.2 Å². The Hall–Kier alpha value is -1.62. The van der Waals surface area contributed by atoms with Crippen molar-refractivity contribution in [3.05, 3.63) is 30.1 Å². The fourth-order valence-corrected chi connectivity index (χ4v) is 2.58. The fourth-order valence-electron chi connectivity index (χ4n) is 2.58. The lowest BCUT2D eigenvalue weighted by molar-refractivity contribution is 0.0574. The summed E-state index contributed by atoms with van der Waals surface area (Å²) in [5.41, 5.74) is 0.976. The van der Waals surface area contributed by atoms with E-state index in [0.717, 1.165) is 37.8 Å².